The quantitative estimate of drug-likeness (QED) is 0.341. The smallest absolute Gasteiger partial charge is 0.263 e. The highest BCUT2D eigenvalue weighted by Crippen LogP contribution is 2.27. The molecule has 3 rings (SSSR count). The van der Waals surface area contributed by atoms with Crippen molar-refractivity contribution in [3.8, 4) is 11.5 Å². The van der Waals surface area contributed by atoms with E-state index in [2.05, 4.69) is 10.5 Å². The van der Waals surface area contributed by atoms with Crippen molar-refractivity contribution in [3.63, 3.8) is 0 Å². The molecule has 0 aromatic heterocycles. The van der Waals surface area contributed by atoms with Gasteiger partial charge >= 0.3 is 0 Å². The molecule has 7 nitrogen and oxygen atoms in total. The molecule has 3 aromatic carbocycles. The zero-order valence-corrected chi connectivity index (χ0v) is 20.1. The topological polar surface area (TPSA) is 88.1 Å². The van der Waals surface area contributed by atoms with E-state index in [1.54, 1.807) is 54.6 Å². The molecule has 0 spiro atoms. The number of hydrogen-bond acceptors (Lipinski definition) is 5. The third-order valence-corrected chi connectivity index (χ3v) is 6.43. The van der Waals surface area contributed by atoms with E-state index in [1.807, 2.05) is 18.2 Å². The molecule has 0 radical (unpaired) electrons. The molecule has 0 aliphatic heterocycles. The number of para-hydroxylation sites is 1. The maximum Gasteiger partial charge on any atom is 0.263 e. The molecule has 1 N–H and O–H groups in total. The Kier molecular flexibility index (Phi) is 7.97. The first-order valence-electron chi connectivity index (χ1n) is 9.76. The number of hydrazone groups is 1. The summed E-state index contributed by atoms with van der Waals surface area (Å²) in [4.78, 5) is 12.7. The molecular formula is C23H21Cl2N3O4S. The number of anilines is 1. The lowest BCUT2D eigenvalue weighted by Gasteiger charge is -2.27. The van der Waals surface area contributed by atoms with Gasteiger partial charge in [-0.25, -0.2) is 13.8 Å². The molecule has 0 aliphatic rings. The number of sulfonamides is 1. The third kappa shape index (κ3) is 6.47. The molecule has 0 heterocycles. The van der Waals surface area contributed by atoms with Crippen LogP contribution < -0.4 is 14.5 Å². The number of nitrogens with one attached hydrogen (secondary N) is 1. The van der Waals surface area contributed by atoms with Crippen molar-refractivity contribution in [2.24, 2.45) is 5.10 Å². The average Bonchev–Trinajstić information content (AvgIpc) is 2.77. The van der Waals surface area contributed by atoms with Crippen LogP contribution in [0.3, 0.4) is 0 Å². The minimum absolute atomic E-state index is 0.304. The first-order valence-corrected chi connectivity index (χ1v) is 12.4. The predicted octanol–water partition coefficient (Wildman–Crippen LogP) is 5.09. The number of benzene rings is 3. The van der Waals surface area contributed by atoms with Gasteiger partial charge in [-0.05, 0) is 55.5 Å². The van der Waals surface area contributed by atoms with E-state index in [-0.39, 0.29) is 0 Å². The van der Waals surface area contributed by atoms with Crippen LogP contribution in [0.1, 0.15) is 12.5 Å². The largest absolute Gasteiger partial charge is 0.457 e. The summed E-state index contributed by atoms with van der Waals surface area (Å²) >= 11 is 12.2. The van der Waals surface area contributed by atoms with Crippen molar-refractivity contribution in [1.82, 2.24) is 5.43 Å². The predicted molar refractivity (Wildman–Crippen MR) is 132 cm³/mol. The lowest BCUT2D eigenvalue weighted by molar-refractivity contribution is -0.121. The molecule has 0 fully saturated rings. The Hall–Kier alpha value is -3.07. The van der Waals surface area contributed by atoms with Gasteiger partial charge in [0.15, 0.2) is 0 Å². The lowest BCUT2D eigenvalue weighted by atomic mass is 10.2. The van der Waals surface area contributed by atoms with E-state index in [9.17, 15) is 13.2 Å². The number of ether oxygens (including phenoxy) is 1. The van der Waals surface area contributed by atoms with Crippen molar-refractivity contribution < 1.29 is 17.9 Å². The van der Waals surface area contributed by atoms with Crippen LogP contribution in [0.25, 0.3) is 0 Å². The molecule has 0 saturated heterocycles. The van der Waals surface area contributed by atoms with Gasteiger partial charge in [0.2, 0.25) is 10.0 Å². The summed E-state index contributed by atoms with van der Waals surface area (Å²) in [5, 5.41) is 4.60. The number of halogens is 2. The molecular weight excluding hydrogens is 485 g/mol. The van der Waals surface area contributed by atoms with Gasteiger partial charge in [-0.2, -0.15) is 5.10 Å². The van der Waals surface area contributed by atoms with Crippen molar-refractivity contribution in [3.05, 3.63) is 88.4 Å². The minimum atomic E-state index is -3.79. The fraction of sp³-hybridized carbons (Fsp3) is 0.130. The van der Waals surface area contributed by atoms with E-state index in [4.69, 9.17) is 27.9 Å². The van der Waals surface area contributed by atoms with Gasteiger partial charge < -0.3 is 4.74 Å². The van der Waals surface area contributed by atoms with E-state index in [0.29, 0.717) is 32.8 Å². The van der Waals surface area contributed by atoms with Gasteiger partial charge in [-0.1, -0.05) is 47.5 Å². The van der Waals surface area contributed by atoms with Crippen LogP contribution in [0.15, 0.2) is 77.9 Å². The number of nitrogens with zero attached hydrogens (tertiary/aromatic N) is 2. The minimum Gasteiger partial charge on any atom is -0.457 e. The second kappa shape index (κ2) is 10.7. The second-order valence-electron chi connectivity index (χ2n) is 7.01. The van der Waals surface area contributed by atoms with E-state index in [1.165, 1.54) is 13.1 Å². The highest BCUT2D eigenvalue weighted by atomic mass is 35.5. The van der Waals surface area contributed by atoms with Gasteiger partial charge in [-0.3, -0.25) is 9.10 Å². The Balaban J connectivity index is 1.75. The first-order chi connectivity index (χ1) is 15.7. The lowest BCUT2D eigenvalue weighted by Crippen LogP contribution is -2.46. The first kappa shape index (κ1) is 24.6. The molecule has 0 saturated carbocycles. The van der Waals surface area contributed by atoms with Crippen LogP contribution in [0.2, 0.25) is 10.0 Å². The summed E-state index contributed by atoms with van der Waals surface area (Å²) in [5.41, 5.74) is 3.07. The Morgan fingerprint density at radius 3 is 2.12 bits per heavy atom. The zero-order chi connectivity index (χ0) is 24.0. The van der Waals surface area contributed by atoms with Crippen LogP contribution in [0, 0.1) is 0 Å². The van der Waals surface area contributed by atoms with Gasteiger partial charge in [-0.15, -0.1) is 0 Å². The molecule has 0 aliphatic carbocycles. The SMILES string of the molecule is C[C@H](C(=O)N/N=C\c1c(Cl)cccc1Cl)N(c1ccc(Oc2ccccc2)cc1)S(C)(=O)=O. The van der Waals surface area contributed by atoms with Crippen molar-refractivity contribution >= 4 is 51.0 Å². The standard InChI is InChI=1S/C23H21Cl2N3O4S/c1-16(23(29)27-26-15-20-21(24)9-6-10-22(20)25)28(33(2,30)31)17-11-13-19(14-12-17)32-18-7-4-3-5-8-18/h3-16H,1-2H3,(H,27,29)/b26-15-/t16-/m1/s1. The number of carbonyl (C=O) groups excluding carboxylic acids is 1. The number of hydrogen-bond donors (Lipinski definition) is 1. The highest BCUT2D eigenvalue weighted by Gasteiger charge is 2.29. The van der Waals surface area contributed by atoms with Gasteiger partial charge in [0.1, 0.15) is 17.5 Å². The van der Waals surface area contributed by atoms with Crippen LogP contribution in [0.4, 0.5) is 5.69 Å². The van der Waals surface area contributed by atoms with Crippen molar-refractivity contribution in [2.75, 3.05) is 10.6 Å². The van der Waals surface area contributed by atoms with E-state index in [0.717, 1.165) is 10.6 Å². The molecule has 0 bridgehead atoms. The Bertz CT molecular complexity index is 1230. The van der Waals surface area contributed by atoms with Crippen LogP contribution >= 0.6 is 23.2 Å². The molecule has 33 heavy (non-hydrogen) atoms. The van der Waals surface area contributed by atoms with Gasteiger partial charge in [0.05, 0.1) is 28.2 Å². The van der Waals surface area contributed by atoms with Gasteiger partial charge in [0.25, 0.3) is 5.91 Å². The average molecular weight is 506 g/mol. The summed E-state index contributed by atoms with van der Waals surface area (Å²) in [5.74, 6) is 0.538. The Morgan fingerprint density at radius 1 is 0.970 bits per heavy atom. The summed E-state index contributed by atoms with van der Waals surface area (Å²) in [6, 6.07) is 19.4. The molecule has 10 heteroatoms. The van der Waals surface area contributed by atoms with E-state index < -0.39 is 22.0 Å². The molecule has 3 aromatic rings. The monoisotopic (exact) mass is 505 g/mol. The summed E-state index contributed by atoms with van der Waals surface area (Å²) in [6.07, 6.45) is 2.33. The van der Waals surface area contributed by atoms with Crippen LogP contribution in [-0.2, 0) is 14.8 Å². The summed E-state index contributed by atoms with van der Waals surface area (Å²) < 4.78 is 31.7. The van der Waals surface area contributed by atoms with Crippen LogP contribution in [-0.4, -0.2) is 32.8 Å². The number of rotatable bonds is 8. The highest BCUT2D eigenvalue weighted by molar-refractivity contribution is 7.92. The molecule has 1 amide bonds. The summed E-state index contributed by atoms with van der Waals surface area (Å²) in [6.45, 7) is 1.46. The summed E-state index contributed by atoms with van der Waals surface area (Å²) in [7, 11) is -3.79. The Morgan fingerprint density at radius 2 is 1.55 bits per heavy atom. The molecule has 1 atom stereocenters. The Labute approximate surface area is 202 Å². The van der Waals surface area contributed by atoms with Crippen molar-refractivity contribution in [1.29, 1.82) is 0 Å². The van der Waals surface area contributed by atoms with Crippen LogP contribution in [0.5, 0.6) is 11.5 Å². The molecule has 0 unspecified atom stereocenters. The fourth-order valence-corrected chi connectivity index (χ4v) is 4.65. The number of amides is 1. The normalized spacial score (nSPS) is 12.4. The second-order valence-corrected chi connectivity index (χ2v) is 9.69. The number of carbonyl (C=O) groups is 1. The third-order valence-electron chi connectivity index (χ3n) is 4.53. The molecule has 172 valence electrons. The maximum atomic E-state index is 12.7. The van der Waals surface area contributed by atoms with Gasteiger partial charge in [0, 0.05) is 5.56 Å². The van der Waals surface area contributed by atoms with Crippen molar-refractivity contribution in [2.45, 2.75) is 13.0 Å². The van der Waals surface area contributed by atoms with E-state index >= 15 is 0 Å². The fourth-order valence-electron chi connectivity index (χ4n) is 2.98. The zero-order valence-electron chi connectivity index (χ0n) is 17.8. The maximum absolute atomic E-state index is 12.7.